The number of thioether (sulfide) groups is 2. The molecule has 5 aromatic rings. The van der Waals surface area contributed by atoms with Crippen molar-refractivity contribution < 1.29 is 0 Å². The lowest BCUT2D eigenvalue weighted by molar-refractivity contribution is 1.11. The summed E-state index contributed by atoms with van der Waals surface area (Å²) in [6.45, 7) is 22.6. The van der Waals surface area contributed by atoms with Crippen molar-refractivity contribution in [3.8, 4) is 0 Å². The number of fused-ring (bicyclic) bond motifs is 1. The lowest BCUT2D eigenvalue weighted by atomic mass is 9.93. The molecule has 1 unspecified atom stereocenters. The number of hydrogen-bond donors (Lipinski definition) is 0. The van der Waals surface area contributed by atoms with E-state index in [1.807, 2.05) is 58.5 Å². The van der Waals surface area contributed by atoms with Gasteiger partial charge in [0.25, 0.3) is 0 Å². The lowest BCUT2D eigenvalue weighted by Gasteiger charge is -2.14. The Labute approximate surface area is 343 Å². The van der Waals surface area contributed by atoms with E-state index in [0.717, 1.165) is 0 Å². The third kappa shape index (κ3) is 14.8. The Morgan fingerprint density at radius 3 is 1.85 bits per heavy atom. The molecule has 0 spiro atoms. The zero-order valence-electron chi connectivity index (χ0n) is 34.8. The smallest absolute Gasteiger partial charge is 0.0316 e. The normalized spacial score (nSPS) is 12.4. The first-order chi connectivity index (χ1) is 26.9. The van der Waals surface area contributed by atoms with Crippen molar-refractivity contribution in [1.29, 1.82) is 0 Å². The Hall–Kier alpha value is -4.76. The highest BCUT2D eigenvalue weighted by atomic mass is 32.2. The van der Waals surface area contributed by atoms with E-state index in [0.29, 0.717) is 5.25 Å². The van der Waals surface area contributed by atoms with Crippen molar-refractivity contribution in [3.05, 3.63) is 208 Å². The van der Waals surface area contributed by atoms with E-state index in [1.54, 1.807) is 11.8 Å². The van der Waals surface area contributed by atoms with Crippen LogP contribution in [0.1, 0.15) is 99.6 Å². The van der Waals surface area contributed by atoms with Crippen LogP contribution in [0.2, 0.25) is 0 Å². The molecule has 0 saturated carbocycles. The SMILES string of the molecule is C/C=C(\SC(C)c1ccccc1)c1ccc(C)cc1.C=Cc1c(/C=C\C)cc(\C=C/C(=C\C=C\C)C(=C/c2ccccc2)/SC)c2ccccc12.CC.CC. The molecule has 5 rings (SSSR count). The fraction of sp³-hybridized carbons (Fsp3) is 0.208. The van der Waals surface area contributed by atoms with Crippen LogP contribution in [0.4, 0.5) is 0 Å². The summed E-state index contributed by atoms with van der Waals surface area (Å²) in [7, 11) is 0. The van der Waals surface area contributed by atoms with E-state index in [9.17, 15) is 0 Å². The molecule has 0 saturated heterocycles. The molecule has 0 fully saturated rings. The molecular formula is C53H62S2. The van der Waals surface area contributed by atoms with Crippen LogP contribution >= 0.6 is 23.5 Å². The molecule has 0 aliphatic heterocycles. The molecule has 0 radical (unpaired) electrons. The van der Waals surface area contributed by atoms with Crippen LogP contribution in [-0.4, -0.2) is 6.26 Å². The van der Waals surface area contributed by atoms with Crippen LogP contribution in [0.15, 0.2) is 169 Å². The molecule has 0 amide bonds. The number of aryl methyl sites for hydroxylation is 1. The lowest BCUT2D eigenvalue weighted by Crippen LogP contribution is -1.89. The van der Waals surface area contributed by atoms with Crippen molar-refractivity contribution in [3.63, 3.8) is 0 Å². The van der Waals surface area contributed by atoms with Gasteiger partial charge < -0.3 is 0 Å². The Morgan fingerprint density at radius 2 is 1.29 bits per heavy atom. The largest absolute Gasteiger partial charge is 0.129 e. The highest BCUT2D eigenvalue weighted by molar-refractivity contribution is 8.08. The van der Waals surface area contributed by atoms with Gasteiger partial charge in [-0.15, -0.1) is 23.5 Å². The molecule has 0 aliphatic carbocycles. The van der Waals surface area contributed by atoms with Crippen molar-refractivity contribution in [2.45, 2.75) is 67.6 Å². The summed E-state index contributed by atoms with van der Waals surface area (Å²) in [5.41, 5.74) is 9.93. The van der Waals surface area contributed by atoms with Crippen LogP contribution in [-0.2, 0) is 0 Å². The quantitative estimate of drug-likeness (QED) is 0.116. The highest BCUT2D eigenvalue weighted by Crippen LogP contribution is 2.39. The fourth-order valence-electron chi connectivity index (χ4n) is 5.69. The minimum absolute atomic E-state index is 0.466. The zero-order chi connectivity index (χ0) is 40.4. The molecule has 0 N–H and O–H groups in total. The predicted octanol–water partition coefficient (Wildman–Crippen LogP) is 17.3. The molecule has 0 aromatic heterocycles. The predicted molar refractivity (Wildman–Crippen MR) is 259 cm³/mol. The molecule has 286 valence electrons. The highest BCUT2D eigenvalue weighted by Gasteiger charge is 2.10. The van der Waals surface area contributed by atoms with Gasteiger partial charge in [0.1, 0.15) is 0 Å². The second-order valence-electron chi connectivity index (χ2n) is 12.0. The van der Waals surface area contributed by atoms with Gasteiger partial charge in [-0.25, -0.2) is 0 Å². The van der Waals surface area contributed by atoms with E-state index >= 15 is 0 Å². The van der Waals surface area contributed by atoms with Crippen LogP contribution in [0, 0.1) is 6.92 Å². The summed E-state index contributed by atoms with van der Waals surface area (Å²) in [4.78, 5) is 2.57. The van der Waals surface area contributed by atoms with Gasteiger partial charge in [0, 0.05) is 15.1 Å². The van der Waals surface area contributed by atoms with Gasteiger partial charge in [-0.1, -0.05) is 204 Å². The molecule has 5 aromatic carbocycles. The Morgan fingerprint density at radius 1 is 0.691 bits per heavy atom. The molecular weight excluding hydrogens is 701 g/mol. The second kappa shape index (κ2) is 26.9. The maximum absolute atomic E-state index is 4.06. The minimum Gasteiger partial charge on any atom is -0.129 e. The molecule has 1 atom stereocenters. The topological polar surface area (TPSA) is 0 Å². The summed E-state index contributed by atoms with van der Waals surface area (Å²) in [6, 6.07) is 40.7. The molecule has 0 bridgehead atoms. The monoisotopic (exact) mass is 762 g/mol. The summed E-state index contributed by atoms with van der Waals surface area (Å²) >= 11 is 3.68. The Kier molecular flexibility index (Phi) is 22.7. The third-order valence-corrected chi connectivity index (χ3v) is 10.5. The maximum Gasteiger partial charge on any atom is 0.0316 e. The summed E-state index contributed by atoms with van der Waals surface area (Å²) in [6.07, 6.45) is 23.5. The van der Waals surface area contributed by atoms with Gasteiger partial charge in [0.05, 0.1) is 0 Å². The van der Waals surface area contributed by atoms with Gasteiger partial charge in [-0.3, -0.25) is 0 Å². The van der Waals surface area contributed by atoms with E-state index in [2.05, 4.69) is 204 Å². The van der Waals surface area contributed by atoms with E-state index in [-0.39, 0.29) is 0 Å². The van der Waals surface area contributed by atoms with E-state index < -0.39 is 0 Å². The Bertz CT molecular complexity index is 2040. The number of hydrogen-bond acceptors (Lipinski definition) is 2. The number of rotatable bonds is 12. The average Bonchev–Trinajstić information content (AvgIpc) is 3.25. The molecule has 0 nitrogen and oxygen atoms in total. The molecule has 0 aliphatic rings. The molecule has 2 heteroatoms. The van der Waals surface area contributed by atoms with Gasteiger partial charge >= 0.3 is 0 Å². The van der Waals surface area contributed by atoms with Gasteiger partial charge in [0.2, 0.25) is 0 Å². The molecule has 0 heterocycles. The number of allylic oxidation sites excluding steroid dienone is 7. The number of benzene rings is 5. The fourth-order valence-corrected chi connectivity index (χ4v) is 7.40. The van der Waals surface area contributed by atoms with E-state index in [4.69, 9.17) is 0 Å². The van der Waals surface area contributed by atoms with Gasteiger partial charge in [-0.05, 0) is 103 Å². The summed E-state index contributed by atoms with van der Waals surface area (Å²) in [5.74, 6) is 0. The summed E-state index contributed by atoms with van der Waals surface area (Å²) < 4.78 is 0. The summed E-state index contributed by atoms with van der Waals surface area (Å²) in [5, 5.41) is 2.92. The van der Waals surface area contributed by atoms with Crippen molar-refractivity contribution in [1.82, 2.24) is 0 Å². The van der Waals surface area contributed by atoms with Crippen molar-refractivity contribution in [2.75, 3.05) is 6.26 Å². The maximum atomic E-state index is 4.06. The molecule has 55 heavy (non-hydrogen) atoms. The second-order valence-corrected chi connectivity index (χ2v) is 14.2. The minimum atomic E-state index is 0.466. The van der Waals surface area contributed by atoms with Crippen LogP contribution in [0.3, 0.4) is 0 Å². The first-order valence-corrected chi connectivity index (χ1v) is 21.6. The van der Waals surface area contributed by atoms with E-state index in [1.165, 1.54) is 65.1 Å². The van der Waals surface area contributed by atoms with Crippen LogP contribution in [0.5, 0.6) is 0 Å². The Balaban J connectivity index is 0.000000387. The van der Waals surface area contributed by atoms with Gasteiger partial charge in [0.15, 0.2) is 0 Å². The van der Waals surface area contributed by atoms with Crippen molar-refractivity contribution in [2.24, 2.45) is 0 Å². The average molecular weight is 763 g/mol. The van der Waals surface area contributed by atoms with Crippen LogP contribution in [0.25, 0.3) is 40.0 Å². The van der Waals surface area contributed by atoms with Crippen molar-refractivity contribution >= 4 is 63.5 Å². The van der Waals surface area contributed by atoms with Crippen LogP contribution < -0.4 is 0 Å². The zero-order valence-corrected chi connectivity index (χ0v) is 36.5. The van der Waals surface area contributed by atoms with Gasteiger partial charge in [-0.2, -0.15) is 0 Å². The first kappa shape index (κ1) is 46.4. The first-order valence-electron chi connectivity index (χ1n) is 19.5. The standard InChI is InChI=1S/C31H30S.C18H20S.2C2H6/c1-5-8-17-25(31(32-4)22-24-15-10-9-11-16-24)20-21-27-23-26(14-6-2)28(7-3)30-19-13-12-18-29(27)30;1-4-18(17-12-10-14(2)11-13-17)19-15(3)16-8-6-5-7-9-16;2*1-2/h5-23H,3H2,1-2,4H3;4-13,15H,1-3H3;2*1-2H3/b8-5+,14-6-,21-20-,25-17+,31-22-;18-4-;;. The third-order valence-electron chi connectivity index (χ3n) is 8.38.